The molecule has 2 amide bonds. The van der Waals surface area contributed by atoms with Gasteiger partial charge in [0, 0.05) is 32.8 Å². The van der Waals surface area contributed by atoms with E-state index in [1.807, 2.05) is 26.0 Å². The van der Waals surface area contributed by atoms with Crippen LogP contribution in [0.3, 0.4) is 0 Å². The highest BCUT2D eigenvalue weighted by Crippen LogP contribution is 2.38. The van der Waals surface area contributed by atoms with E-state index in [1.54, 1.807) is 23.0 Å². The van der Waals surface area contributed by atoms with Crippen LogP contribution in [-0.4, -0.2) is 47.1 Å². The minimum atomic E-state index is -0.374. The molecular formula is C16H23N3O2S. The van der Waals surface area contributed by atoms with Crippen molar-refractivity contribution in [3.8, 4) is 0 Å². The molecule has 0 fully saturated rings. The van der Waals surface area contributed by atoms with Gasteiger partial charge in [-0.05, 0) is 25.0 Å². The lowest BCUT2D eigenvalue weighted by molar-refractivity contribution is -0.131. The SMILES string of the molecule is CCCN(C)C(=O)C[C@@H]1Sc2ncccc2N(CCC)C1=O. The summed E-state index contributed by atoms with van der Waals surface area (Å²) in [4.78, 5) is 32.8. The summed E-state index contributed by atoms with van der Waals surface area (Å²) in [5.41, 5.74) is 0.866. The molecule has 6 heteroatoms. The van der Waals surface area contributed by atoms with Crippen LogP contribution in [0.1, 0.15) is 33.1 Å². The zero-order valence-corrected chi connectivity index (χ0v) is 14.2. The highest BCUT2D eigenvalue weighted by Gasteiger charge is 2.35. The molecule has 0 spiro atoms. The second-order valence-electron chi connectivity index (χ2n) is 5.44. The number of fused-ring (bicyclic) bond motifs is 1. The summed E-state index contributed by atoms with van der Waals surface area (Å²) in [6.07, 6.45) is 3.76. The average molecular weight is 321 g/mol. The summed E-state index contributed by atoms with van der Waals surface area (Å²) in [7, 11) is 1.79. The first-order chi connectivity index (χ1) is 10.6. The molecule has 1 aromatic heterocycles. The van der Waals surface area contributed by atoms with E-state index in [4.69, 9.17) is 0 Å². The quantitative estimate of drug-likeness (QED) is 0.808. The molecule has 0 unspecified atom stereocenters. The summed E-state index contributed by atoms with van der Waals surface area (Å²) in [5.74, 6) is 0.0362. The van der Waals surface area contributed by atoms with Gasteiger partial charge in [0.15, 0.2) is 0 Å². The zero-order chi connectivity index (χ0) is 16.1. The van der Waals surface area contributed by atoms with Crippen LogP contribution in [0, 0.1) is 0 Å². The molecule has 0 radical (unpaired) electrons. The first-order valence-electron chi connectivity index (χ1n) is 7.75. The van der Waals surface area contributed by atoms with E-state index in [1.165, 1.54) is 11.8 Å². The van der Waals surface area contributed by atoms with Crippen molar-refractivity contribution in [3.63, 3.8) is 0 Å². The number of nitrogens with zero attached hydrogens (tertiary/aromatic N) is 3. The van der Waals surface area contributed by atoms with Crippen molar-refractivity contribution < 1.29 is 9.59 Å². The fourth-order valence-corrected chi connectivity index (χ4v) is 3.66. The minimum Gasteiger partial charge on any atom is -0.346 e. The Kier molecular flexibility index (Phi) is 5.83. The number of pyridine rings is 1. The molecule has 0 saturated carbocycles. The molecule has 0 N–H and O–H groups in total. The van der Waals surface area contributed by atoms with Gasteiger partial charge in [-0.25, -0.2) is 4.98 Å². The van der Waals surface area contributed by atoms with Crippen LogP contribution in [0.25, 0.3) is 0 Å². The van der Waals surface area contributed by atoms with E-state index in [0.717, 1.165) is 30.1 Å². The Balaban J connectivity index is 2.17. The smallest absolute Gasteiger partial charge is 0.241 e. The third-order valence-electron chi connectivity index (χ3n) is 3.63. The number of carbonyl (C=O) groups is 2. The predicted molar refractivity (Wildman–Crippen MR) is 89.1 cm³/mol. The van der Waals surface area contributed by atoms with Crippen LogP contribution in [0.5, 0.6) is 0 Å². The number of hydrogen-bond donors (Lipinski definition) is 0. The fourth-order valence-electron chi connectivity index (χ4n) is 2.51. The van der Waals surface area contributed by atoms with Gasteiger partial charge in [0.25, 0.3) is 0 Å². The van der Waals surface area contributed by atoms with Crippen LogP contribution in [0.4, 0.5) is 5.69 Å². The van der Waals surface area contributed by atoms with Gasteiger partial charge in [-0.15, -0.1) is 0 Å². The standard InChI is InChI=1S/C16H23N3O2S/c1-4-9-18(3)14(20)11-13-16(21)19(10-5-2)12-7-6-8-17-15(12)22-13/h6-8,13H,4-5,9-11H2,1-3H3/t13-/m0/s1. The van der Waals surface area contributed by atoms with Crippen LogP contribution >= 0.6 is 11.8 Å². The van der Waals surface area contributed by atoms with Crippen molar-refractivity contribution >= 4 is 29.3 Å². The van der Waals surface area contributed by atoms with Gasteiger partial charge >= 0.3 is 0 Å². The molecular weight excluding hydrogens is 298 g/mol. The molecule has 2 heterocycles. The lowest BCUT2D eigenvalue weighted by atomic mass is 10.2. The summed E-state index contributed by atoms with van der Waals surface area (Å²) >= 11 is 1.41. The third kappa shape index (κ3) is 3.61. The van der Waals surface area contributed by atoms with Gasteiger partial charge in [-0.2, -0.15) is 0 Å². The largest absolute Gasteiger partial charge is 0.346 e. The maximum absolute atomic E-state index is 12.7. The molecule has 1 atom stereocenters. The van der Waals surface area contributed by atoms with E-state index in [-0.39, 0.29) is 23.5 Å². The Morgan fingerprint density at radius 2 is 2.18 bits per heavy atom. The zero-order valence-electron chi connectivity index (χ0n) is 13.4. The van der Waals surface area contributed by atoms with Gasteiger partial charge in [0.1, 0.15) is 5.03 Å². The van der Waals surface area contributed by atoms with E-state index in [9.17, 15) is 9.59 Å². The highest BCUT2D eigenvalue weighted by atomic mass is 32.2. The number of anilines is 1. The maximum Gasteiger partial charge on any atom is 0.241 e. The molecule has 120 valence electrons. The number of hydrogen-bond acceptors (Lipinski definition) is 4. The van der Waals surface area contributed by atoms with Crippen LogP contribution in [0.2, 0.25) is 0 Å². The van der Waals surface area contributed by atoms with Crippen molar-refractivity contribution in [2.24, 2.45) is 0 Å². The molecule has 1 aliphatic rings. The van der Waals surface area contributed by atoms with E-state index < -0.39 is 0 Å². The Morgan fingerprint density at radius 3 is 2.86 bits per heavy atom. The third-order valence-corrected chi connectivity index (χ3v) is 4.82. The van der Waals surface area contributed by atoms with Gasteiger partial charge in [-0.3, -0.25) is 9.59 Å². The maximum atomic E-state index is 12.7. The summed E-state index contributed by atoms with van der Waals surface area (Å²) in [6.45, 7) is 5.46. The van der Waals surface area contributed by atoms with Crippen molar-refractivity contribution in [2.75, 3.05) is 25.0 Å². The molecule has 0 aromatic carbocycles. The minimum absolute atomic E-state index is 0.0172. The summed E-state index contributed by atoms with van der Waals surface area (Å²) < 4.78 is 0. The predicted octanol–water partition coefficient (Wildman–Crippen LogP) is 2.56. The van der Waals surface area contributed by atoms with Crippen molar-refractivity contribution in [2.45, 2.75) is 43.4 Å². The highest BCUT2D eigenvalue weighted by molar-refractivity contribution is 8.00. The van der Waals surface area contributed by atoms with Crippen LogP contribution in [-0.2, 0) is 9.59 Å². The summed E-state index contributed by atoms with van der Waals surface area (Å²) in [6, 6.07) is 3.76. The van der Waals surface area contributed by atoms with E-state index in [2.05, 4.69) is 4.98 Å². The Hall–Kier alpha value is -1.56. The molecule has 0 aliphatic carbocycles. The molecule has 0 bridgehead atoms. The first-order valence-corrected chi connectivity index (χ1v) is 8.63. The number of aromatic nitrogens is 1. The fraction of sp³-hybridized carbons (Fsp3) is 0.562. The molecule has 5 nitrogen and oxygen atoms in total. The Morgan fingerprint density at radius 1 is 1.41 bits per heavy atom. The monoisotopic (exact) mass is 321 g/mol. The summed E-state index contributed by atoms with van der Waals surface area (Å²) in [5, 5.41) is 0.465. The van der Waals surface area contributed by atoms with Crippen LogP contribution < -0.4 is 4.90 Å². The molecule has 22 heavy (non-hydrogen) atoms. The number of amides is 2. The Bertz CT molecular complexity index is 550. The molecule has 0 saturated heterocycles. The van der Waals surface area contributed by atoms with Crippen molar-refractivity contribution in [1.29, 1.82) is 0 Å². The van der Waals surface area contributed by atoms with Crippen molar-refractivity contribution in [1.82, 2.24) is 9.88 Å². The lowest BCUT2D eigenvalue weighted by Gasteiger charge is -2.33. The van der Waals surface area contributed by atoms with Crippen LogP contribution in [0.15, 0.2) is 23.4 Å². The van der Waals surface area contributed by atoms with Gasteiger partial charge < -0.3 is 9.80 Å². The number of rotatable bonds is 6. The molecule has 1 aromatic rings. The first kappa shape index (κ1) is 16.8. The number of thioether (sulfide) groups is 1. The van der Waals surface area contributed by atoms with E-state index >= 15 is 0 Å². The normalized spacial score (nSPS) is 17.3. The topological polar surface area (TPSA) is 53.5 Å². The second-order valence-corrected chi connectivity index (χ2v) is 6.63. The van der Waals surface area contributed by atoms with E-state index in [0.29, 0.717) is 6.54 Å². The molecule has 1 aliphatic heterocycles. The average Bonchev–Trinajstić information content (AvgIpc) is 2.51. The second kappa shape index (κ2) is 7.63. The lowest BCUT2D eigenvalue weighted by Crippen LogP contribution is -2.44. The van der Waals surface area contributed by atoms with Gasteiger partial charge in [0.2, 0.25) is 11.8 Å². The molecule has 2 rings (SSSR count). The Labute approximate surface area is 136 Å². The van der Waals surface area contributed by atoms with Gasteiger partial charge in [0.05, 0.1) is 10.9 Å². The van der Waals surface area contributed by atoms with Crippen molar-refractivity contribution in [3.05, 3.63) is 18.3 Å². The van der Waals surface area contributed by atoms with Gasteiger partial charge in [-0.1, -0.05) is 25.6 Å². The number of carbonyl (C=O) groups excluding carboxylic acids is 2.